The van der Waals surface area contributed by atoms with Crippen molar-refractivity contribution >= 4 is 17.6 Å². The molecular weight excluding hydrogens is 348 g/mol. The third-order valence-corrected chi connectivity index (χ3v) is 3.92. The second kappa shape index (κ2) is 10.1. The highest BCUT2D eigenvalue weighted by Gasteiger charge is 2.07. The lowest BCUT2D eigenvalue weighted by Gasteiger charge is -2.11. The van der Waals surface area contributed by atoms with Gasteiger partial charge < -0.3 is 24.8 Å². The van der Waals surface area contributed by atoms with Gasteiger partial charge in [-0.05, 0) is 42.3 Å². The van der Waals surface area contributed by atoms with Crippen LogP contribution in [-0.4, -0.2) is 46.3 Å². The van der Waals surface area contributed by atoms with E-state index < -0.39 is 5.97 Å². The van der Waals surface area contributed by atoms with E-state index >= 15 is 0 Å². The fourth-order valence-corrected chi connectivity index (χ4v) is 2.50. The van der Waals surface area contributed by atoms with Gasteiger partial charge in [0.2, 0.25) is 5.91 Å². The van der Waals surface area contributed by atoms with Crippen LogP contribution in [0.1, 0.15) is 15.9 Å². The van der Waals surface area contributed by atoms with E-state index in [1.165, 1.54) is 7.11 Å². The fourth-order valence-electron chi connectivity index (χ4n) is 2.50. The molecule has 1 amide bonds. The van der Waals surface area contributed by atoms with Crippen molar-refractivity contribution in [2.24, 2.45) is 0 Å². The Balaban J connectivity index is 1.79. The van der Waals surface area contributed by atoms with Crippen LogP contribution in [0.4, 0.5) is 5.69 Å². The number of benzene rings is 2. The highest BCUT2D eigenvalue weighted by molar-refractivity contribution is 5.90. The van der Waals surface area contributed by atoms with E-state index in [-0.39, 0.29) is 12.5 Å². The molecule has 0 aliphatic rings. The number of nitrogens with one attached hydrogen (secondary N) is 2. The number of carbonyl (C=O) groups excluding carboxylic acids is 2. The SMILES string of the molecule is COC(=O)c1cccc(NCC(=O)NCCc2ccc(OC)c(OC)c2)c1. The maximum atomic E-state index is 12.0. The highest BCUT2D eigenvalue weighted by Crippen LogP contribution is 2.27. The summed E-state index contributed by atoms with van der Waals surface area (Å²) in [7, 11) is 4.50. The summed E-state index contributed by atoms with van der Waals surface area (Å²) < 4.78 is 15.2. The van der Waals surface area contributed by atoms with Gasteiger partial charge in [0, 0.05) is 12.2 Å². The van der Waals surface area contributed by atoms with E-state index in [0.29, 0.717) is 35.7 Å². The first-order valence-electron chi connectivity index (χ1n) is 8.47. The molecule has 0 radical (unpaired) electrons. The molecule has 2 N–H and O–H groups in total. The molecule has 0 fully saturated rings. The molecule has 0 spiro atoms. The Morgan fingerprint density at radius 2 is 1.74 bits per heavy atom. The Morgan fingerprint density at radius 1 is 0.963 bits per heavy atom. The van der Waals surface area contributed by atoms with Gasteiger partial charge in [-0.2, -0.15) is 0 Å². The molecule has 2 rings (SSSR count). The van der Waals surface area contributed by atoms with Gasteiger partial charge in [-0.25, -0.2) is 4.79 Å². The van der Waals surface area contributed by atoms with Crippen molar-refractivity contribution in [3.63, 3.8) is 0 Å². The number of esters is 1. The largest absolute Gasteiger partial charge is 0.493 e. The Bertz CT molecular complexity index is 792. The van der Waals surface area contributed by atoms with Crippen LogP contribution in [0.3, 0.4) is 0 Å². The maximum absolute atomic E-state index is 12.0. The first-order chi connectivity index (χ1) is 13.1. The van der Waals surface area contributed by atoms with Gasteiger partial charge in [0.1, 0.15) is 0 Å². The molecule has 0 aromatic heterocycles. The Morgan fingerprint density at radius 3 is 2.44 bits per heavy atom. The van der Waals surface area contributed by atoms with Crippen molar-refractivity contribution in [2.75, 3.05) is 39.7 Å². The zero-order chi connectivity index (χ0) is 19.6. The molecule has 0 saturated heterocycles. The van der Waals surface area contributed by atoms with Gasteiger partial charge in [-0.15, -0.1) is 0 Å². The van der Waals surface area contributed by atoms with Crippen molar-refractivity contribution in [2.45, 2.75) is 6.42 Å². The van der Waals surface area contributed by atoms with Crippen LogP contribution in [0.2, 0.25) is 0 Å². The topological polar surface area (TPSA) is 85.9 Å². The van der Waals surface area contributed by atoms with Gasteiger partial charge in [0.25, 0.3) is 0 Å². The van der Waals surface area contributed by atoms with Crippen LogP contribution in [0.25, 0.3) is 0 Å². The van der Waals surface area contributed by atoms with Crippen molar-refractivity contribution < 1.29 is 23.8 Å². The maximum Gasteiger partial charge on any atom is 0.337 e. The van der Waals surface area contributed by atoms with E-state index in [0.717, 1.165) is 5.56 Å². The molecule has 0 heterocycles. The number of rotatable bonds is 9. The molecule has 0 unspecified atom stereocenters. The van der Waals surface area contributed by atoms with Crippen molar-refractivity contribution in [1.29, 1.82) is 0 Å². The van der Waals surface area contributed by atoms with E-state index in [2.05, 4.69) is 15.4 Å². The van der Waals surface area contributed by atoms with Crippen molar-refractivity contribution in [3.8, 4) is 11.5 Å². The molecule has 0 aliphatic carbocycles. The first-order valence-corrected chi connectivity index (χ1v) is 8.47. The van der Waals surface area contributed by atoms with Crippen LogP contribution < -0.4 is 20.1 Å². The zero-order valence-corrected chi connectivity index (χ0v) is 15.7. The molecule has 2 aromatic carbocycles. The molecule has 7 heteroatoms. The number of methoxy groups -OCH3 is 3. The first kappa shape index (κ1) is 20.1. The van der Waals surface area contributed by atoms with Crippen LogP contribution in [0, 0.1) is 0 Å². The second-order valence-corrected chi connectivity index (χ2v) is 5.72. The molecule has 27 heavy (non-hydrogen) atoms. The fraction of sp³-hybridized carbons (Fsp3) is 0.300. The summed E-state index contributed by atoms with van der Waals surface area (Å²) in [6, 6.07) is 12.5. The van der Waals surface area contributed by atoms with Gasteiger partial charge in [0.05, 0.1) is 33.4 Å². The lowest BCUT2D eigenvalue weighted by Crippen LogP contribution is -2.31. The summed E-state index contributed by atoms with van der Waals surface area (Å²) >= 11 is 0. The third-order valence-electron chi connectivity index (χ3n) is 3.92. The molecule has 2 aromatic rings. The average molecular weight is 372 g/mol. The summed E-state index contributed by atoms with van der Waals surface area (Å²) in [5.41, 5.74) is 2.14. The smallest absolute Gasteiger partial charge is 0.337 e. The summed E-state index contributed by atoms with van der Waals surface area (Å²) in [5, 5.41) is 5.84. The highest BCUT2D eigenvalue weighted by atomic mass is 16.5. The third kappa shape index (κ3) is 5.91. The van der Waals surface area contributed by atoms with E-state index in [9.17, 15) is 9.59 Å². The molecule has 144 valence electrons. The number of hydrogen-bond donors (Lipinski definition) is 2. The summed E-state index contributed by atoms with van der Waals surface area (Å²) in [6.45, 7) is 0.606. The molecule has 0 atom stereocenters. The van der Waals surface area contributed by atoms with Gasteiger partial charge >= 0.3 is 5.97 Å². The summed E-state index contributed by atoms with van der Waals surface area (Å²) in [5.74, 6) is 0.772. The minimum Gasteiger partial charge on any atom is -0.493 e. The number of anilines is 1. The van der Waals surface area contributed by atoms with Gasteiger partial charge in [0.15, 0.2) is 11.5 Å². The standard InChI is InChI=1S/C20H24N2O5/c1-25-17-8-7-14(11-18(17)26-2)9-10-21-19(23)13-22-16-6-4-5-15(12-16)20(24)27-3/h4-8,11-12,22H,9-10,13H2,1-3H3,(H,21,23). The van der Waals surface area contributed by atoms with Crippen LogP contribution >= 0.6 is 0 Å². The minimum absolute atomic E-state index is 0.108. The Labute approximate surface area is 158 Å². The lowest BCUT2D eigenvalue weighted by molar-refractivity contribution is -0.119. The Hall–Kier alpha value is -3.22. The second-order valence-electron chi connectivity index (χ2n) is 5.72. The normalized spacial score (nSPS) is 10.0. The number of hydrogen-bond acceptors (Lipinski definition) is 6. The average Bonchev–Trinajstić information content (AvgIpc) is 2.71. The van der Waals surface area contributed by atoms with E-state index in [1.54, 1.807) is 38.5 Å². The van der Waals surface area contributed by atoms with Crippen LogP contribution in [-0.2, 0) is 16.0 Å². The zero-order valence-electron chi connectivity index (χ0n) is 15.7. The number of ether oxygens (including phenoxy) is 3. The summed E-state index contributed by atoms with van der Waals surface area (Å²) in [6.07, 6.45) is 0.671. The minimum atomic E-state index is -0.418. The van der Waals surface area contributed by atoms with Crippen molar-refractivity contribution in [1.82, 2.24) is 5.32 Å². The van der Waals surface area contributed by atoms with Gasteiger partial charge in [-0.1, -0.05) is 12.1 Å². The quantitative estimate of drug-likeness (QED) is 0.657. The molecular formula is C20H24N2O5. The monoisotopic (exact) mass is 372 g/mol. The number of carbonyl (C=O) groups is 2. The molecule has 0 bridgehead atoms. The molecule has 0 aliphatic heterocycles. The van der Waals surface area contributed by atoms with Crippen LogP contribution in [0.5, 0.6) is 11.5 Å². The number of amides is 1. The van der Waals surface area contributed by atoms with E-state index in [1.807, 2.05) is 18.2 Å². The lowest BCUT2D eigenvalue weighted by atomic mass is 10.1. The van der Waals surface area contributed by atoms with Crippen molar-refractivity contribution in [3.05, 3.63) is 53.6 Å². The molecule has 0 saturated carbocycles. The molecule has 7 nitrogen and oxygen atoms in total. The summed E-state index contributed by atoms with van der Waals surface area (Å²) in [4.78, 5) is 23.5. The predicted octanol–water partition coefficient (Wildman–Crippen LogP) is 2.26. The van der Waals surface area contributed by atoms with Crippen LogP contribution in [0.15, 0.2) is 42.5 Å². The van der Waals surface area contributed by atoms with E-state index in [4.69, 9.17) is 9.47 Å². The van der Waals surface area contributed by atoms with Gasteiger partial charge in [-0.3, -0.25) is 4.79 Å². The predicted molar refractivity (Wildman–Crippen MR) is 103 cm³/mol. The Kier molecular flexibility index (Phi) is 7.49.